The van der Waals surface area contributed by atoms with E-state index in [1.54, 1.807) is 0 Å². The number of carbonyl (C=O) groups is 4. The Labute approximate surface area is 549 Å². The van der Waals surface area contributed by atoms with E-state index in [4.69, 9.17) is 37.0 Å². The highest BCUT2D eigenvalue weighted by Crippen LogP contribution is 2.45. The third-order valence-electron chi connectivity index (χ3n) is 16.7. The quantitative estimate of drug-likeness (QED) is 0.0222. The lowest BCUT2D eigenvalue weighted by atomic mass is 9.99. The maximum absolute atomic E-state index is 13.0. The topological polar surface area (TPSA) is 237 Å². The van der Waals surface area contributed by atoms with Gasteiger partial charge >= 0.3 is 39.5 Å². The first-order valence-electron chi connectivity index (χ1n) is 36.9. The number of ether oxygens (including phenoxy) is 4. The van der Waals surface area contributed by atoms with E-state index in [0.717, 1.165) is 114 Å². The lowest BCUT2D eigenvalue weighted by molar-refractivity contribution is -0.161. The molecule has 0 aliphatic heterocycles. The molecule has 0 aromatic heterocycles. The summed E-state index contributed by atoms with van der Waals surface area (Å²) in [4.78, 5) is 72.5. The molecule has 0 radical (unpaired) electrons. The van der Waals surface area contributed by atoms with E-state index >= 15 is 0 Å². The van der Waals surface area contributed by atoms with Crippen LogP contribution < -0.4 is 0 Å². The van der Waals surface area contributed by atoms with Gasteiger partial charge in [-0.1, -0.05) is 305 Å². The largest absolute Gasteiger partial charge is 0.472 e. The van der Waals surface area contributed by atoms with Crippen LogP contribution in [0.5, 0.6) is 0 Å². The Morgan fingerprint density at radius 3 is 0.844 bits per heavy atom. The normalized spacial score (nSPS) is 14.5. The molecule has 0 aromatic carbocycles. The minimum Gasteiger partial charge on any atom is -0.462 e. The van der Waals surface area contributed by atoms with Gasteiger partial charge < -0.3 is 33.8 Å². The summed E-state index contributed by atoms with van der Waals surface area (Å²) < 4.78 is 68.3. The number of rotatable bonds is 69. The van der Waals surface area contributed by atoms with Crippen molar-refractivity contribution in [3.63, 3.8) is 0 Å². The summed E-state index contributed by atoms with van der Waals surface area (Å²) >= 11 is 0. The second-order valence-corrected chi connectivity index (χ2v) is 29.7. The Hall–Kier alpha value is -1.94. The van der Waals surface area contributed by atoms with E-state index in [1.807, 2.05) is 0 Å². The van der Waals surface area contributed by atoms with Crippen LogP contribution in [0.2, 0.25) is 0 Å². The molecule has 0 rings (SSSR count). The Balaban J connectivity index is 5.23. The highest BCUT2D eigenvalue weighted by molar-refractivity contribution is 7.47. The van der Waals surface area contributed by atoms with Crippen LogP contribution in [0, 0.1) is 17.8 Å². The molecular formula is C71H138O17P2. The molecule has 0 amide bonds. The smallest absolute Gasteiger partial charge is 0.462 e. The summed E-state index contributed by atoms with van der Waals surface area (Å²) in [6.45, 7) is 11.8. The van der Waals surface area contributed by atoms with Crippen molar-refractivity contribution < 1.29 is 80.2 Å². The second-order valence-electron chi connectivity index (χ2n) is 26.8. The van der Waals surface area contributed by atoms with Crippen molar-refractivity contribution in [1.29, 1.82) is 0 Å². The standard InChI is InChI=1S/C71H138O17P2/c1-8-10-11-12-13-31-38-45-52-68(73)81-58-66(88-71(76)55-48-41-34-27-26-30-37-44-51-64(7)9-2)60-85-89(77,78)83-56-65(72)57-84-90(79,80)86-61-67(59-82-69(74)53-46-39-32-24-21-20-23-29-36-43-50-63(5)6)87-70(75)54-47-40-33-25-19-17-15-14-16-18-22-28-35-42-49-62(3)4/h62-67,72H,8-61H2,1-7H3,(H,77,78)(H,79,80)/t64?,65-,66+,67+/m0/s1. The van der Waals surface area contributed by atoms with Crippen LogP contribution in [-0.4, -0.2) is 96.7 Å². The number of carbonyl (C=O) groups excluding carboxylic acids is 4. The first kappa shape index (κ1) is 88.1. The van der Waals surface area contributed by atoms with Crippen LogP contribution in [0.15, 0.2) is 0 Å². The zero-order valence-corrected chi connectivity index (χ0v) is 60.4. The van der Waals surface area contributed by atoms with E-state index in [0.29, 0.717) is 25.7 Å². The highest BCUT2D eigenvalue weighted by Gasteiger charge is 2.30. The van der Waals surface area contributed by atoms with Crippen LogP contribution in [0.25, 0.3) is 0 Å². The zero-order valence-electron chi connectivity index (χ0n) is 58.6. The molecule has 534 valence electrons. The summed E-state index contributed by atoms with van der Waals surface area (Å²) in [6.07, 6.45) is 45.8. The maximum Gasteiger partial charge on any atom is 0.472 e. The highest BCUT2D eigenvalue weighted by atomic mass is 31.2. The Morgan fingerprint density at radius 1 is 0.322 bits per heavy atom. The first-order chi connectivity index (χ1) is 43.3. The summed E-state index contributed by atoms with van der Waals surface area (Å²) in [5.41, 5.74) is 0. The van der Waals surface area contributed by atoms with Crippen LogP contribution in [0.1, 0.15) is 357 Å². The van der Waals surface area contributed by atoms with Gasteiger partial charge in [0.2, 0.25) is 0 Å². The molecule has 0 saturated carbocycles. The lowest BCUT2D eigenvalue weighted by Gasteiger charge is -2.21. The third-order valence-corrected chi connectivity index (χ3v) is 18.6. The molecule has 0 aromatic rings. The molecule has 3 N–H and O–H groups in total. The summed E-state index contributed by atoms with van der Waals surface area (Å²) in [5, 5.41) is 10.6. The van der Waals surface area contributed by atoms with Crippen molar-refractivity contribution in [3.8, 4) is 0 Å². The van der Waals surface area contributed by atoms with Crippen molar-refractivity contribution in [2.45, 2.75) is 375 Å². The number of phosphoric acid groups is 2. The van der Waals surface area contributed by atoms with Gasteiger partial charge in [0.05, 0.1) is 26.4 Å². The Kier molecular flexibility index (Phi) is 60.6. The lowest BCUT2D eigenvalue weighted by Crippen LogP contribution is -2.30. The Bertz CT molecular complexity index is 1770. The van der Waals surface area contributed by atoms with E-state index in [-0.39, 0.29) is 25.7 Å². The molecule has 0 saturated heterocycles. The number of aliphatic hydroxyl groups is 1. The molecule has 19 heteroatoms. The van der Waals surface area contributed by atoms with Crippen molar-refractivity contribution in [2.75, 3.05) is 39.6 Å². The van der Waals surface area contributed by atoms with Crippen LogP contribution >= 0.6 is 15.6 Å². The summed E-state index contributed by atoms with van der Waals surface area (Å²) in [5.74, 6) is 0.195. The van der Waals surface area contributed by atoms with Crippen molar-refractivity contribution in [3.05, 3.63) is 0 Å². The van der Waals surface area contributed by atoms with Crippen LogP contribution in [0.3, 0.4) is 0 Å². The fourth-order valence-electron chi connectivity index (χ4n) is 10.7. The maximum atomic E-state index is 13.0. The summed E-state index contributed by atoms with van der Waals surface area (Å²) in [6, 6.07) is 0. The number of unbranched alkanes of at least 4 members (excludes halogenated alkanes) is 36. The molecule has 0 aliphatic rings. The molecular weight excluding hydrogens is 1190 g/mol. The molecule has 0 heterocycles. The third kappa shape index (κ3) is 63.5. The molecule has 17 nitrogen and oxygen atoms in total. The molecule has 0 bridgehead atoms. The minimum atomic E-state index is -4.95. The summed E-state index contributed by atoms with van der Waals surface area (Å²) in [7, 11) is -9.90. The fraction of sp³-hybridized carbons (Fsp3) is 0.944. The van der Waals surface area contributed by atoms with Gasteiger partial charge in [-0.15, -0.1) is 0 Å². The minimum absolute atomic E-state index is 0.105. The van der Waals surface area contributed by atoms with Gasteiger partial charge in [-0.05, 0) is 43.4 Å². The molecule has 3 unspecified atom stereocenters. The number of hydrogen-bond donors (Lipinski definition) is 3. The Morgan fingerprint density at radius 2 is 0.567 bits per heavy atom. The average Bonchev–Trinajstić information content (AvgIpc) is 3.09. The van der Waals surface area contributed by atoms with E-state index in [1.165, 1.54) is 161 Å². The van der Waals surface area contributed by atoms with Crippen LogP contribution in [0.4, 0.5) is 0 Å². The zero-order chi connectivity index (χ0) is 66.6. The fourth-order valence-corrected chi connectivity index (χ4v) is 12.3. The van der Waals surface area contributed by atoms with Gasteiger partial charge in [-0.2, -0.15) is 0 Å². The van der Waals surface area contributed by atoms with Gasteiger partial charge in [-0.25, -0.2) is 9.13 Å². The predicted octanol–water partition coefficient (Wildman–Crippen LogP) is 20.2. The molecule has 6 atom stereocenters. The first-order valence-corrected chi connectivity index (χ1v) is 39.9. The van der Waals surface area contributed by atoms with E-state index < -0.39 is 97.5 Å². The number of hydrogen-bond acceptors (Lipinski definition) is 15. The average molecular weight is 1330 g/mol. The molecule has 90 heavy (non-hydrogen) atoms. The number of aliphatic hydroxyl groups excluding tert-OH is 1. The number of phosphoric ester groups is 2. The van der Waals surface area contributed by atoms with Crippen LogP contribution in [-0.2, 0) is 65.4 Å². The van der Waals surface area contributed by atoms with Crippen molar-refractivity contribution in [2.24, 2.45) is 17.8 Å². The van der Waals surface area contributed by atoms with Gasteiger partial charge in [0, 0.05) is 25.7 Å². The monoisotopic (exact) mass is 1320 g/mol. The molecule has 0 aliphatic carbocycles. The predicted molar refractivity (Wildman–Crippen MR) is 363 cm³/mol. The van der Waals surface area contributed by atoms with Gasteiger partial charge in [0.15, 0.2) is 12.2 Å². The SMILES string of the molecule is CCCCCCCCCCC(=O)OC[C@H](COP(=O)(O)OC[C@H](O)COP(=O)(O)OC[C@@H](COC(=O)CCCCCCCCCCCCC(C)C)OC(=O)CCCCCCCCCCCCCCCCC(C)C)OC(=O)CCCCCCCCCCC(C)CC. The molecule has 0 spiro atoms. The van der Waals surface area contributed by atoms with Crippen molar-refractivity contribution >= 4 is 39.5 Å². The molecule has 0 fully saturated rings. The van der Waals surface area contributed by atoms with Gasteiger partial charge in [0.1, 0.15) is 19.3 Å². The van der Waals surface area contributed by atoms with Crippen molar-refractivity contribution in [1.82, 2.24) is 0 Å². The van der Waals surface area contributed by atoms with E-state index in [9.17, 15) is 43.2 Å². The van der Waals surface area contributed by atoms with Gasteiger partial charge in [-0.3, -0.25) is 37.3 Å². The number of esters is 4. The van der Waals surface area contributed by atoms with E-state index in [2.05, 4.69) is 48.5 Å². The van der Waals surface area contributed by atoms with Gasteiger partial charge in [0.25, 0.3) is 0 Å². The second kappa shape index (κ2) is 61.9.